The van der Waals surface area contributed by atoms with Crippen LogP contribution >= 0.6 is 0 Å². The van der Waals surface area contributed by atoms with Gasteiger partial charge in [-0.1, -0.05) is 148 Å². The van der Waals surface area contributed by atoms with E-state index in [-0.39, 0.29) is 31.9 Å². The van der Waals surface area contributed by atoms with Crippen LogP contribution in [0.1, 0.15) is 92.2 Å². The summed E-state index contributed by atoms with van der Waals surface area (Å²) < 4.78 is 6.31. The molecule has 64 heavy (non-hydrogen) atoms. The van der Waals surface area contributed by atoms with E-state index in [0.29, 0.717) is 36.8 Å². The molecule has 6 amide bonds. The molecule has 0 bridgehead atoms. The SMILES string of the molecule is CCCCC(NC(=O)C1CC(OCc2ccccc2)CN1C(=O)C(NC(=O)c1ccccc1-c1ccccc1)C1CCCCC1)C(=O)C(=O)NCC(=O)NC(C(N)=O)c1ccccc1. The van der Waals surface area contributed by atoms with Gasteiger partial charge in [-0.15, -0.1) is 0 Å². The van der Waals surface area contributed by atoms with Gasteiger partial charge in [0.25, 0.3) is 11.8 Å². The van der Waals surface area contributed by atoms with Gasteiger partial charge in [0.05, 0.1) is 25.3 Å². The molecule has 0 aromatic heterocycles. The van der Waals surface area contributed by atoms with Crippen LogP contribution in [-0.4, -0.2) is 83.4 Å². The lowest BCUT2D eigenvalue weighted by Crippen LogP contribution is -2.58. The minimum atomic E-state index is -1.28. The van der Waals surface area contributed by atoms with Gasteiger partial charge in [0.15, 0.2) is 0 Å². The number of ketones is 1. The molecule has 6 N–H and O–H groups in total. The van der Waals surface area contributed by atoms with E-state index in [1.54, 1.807) is 42.5 Å². The fourth-order valence-electron chi connectivity index (χ4n) is 8.52. The first-order chi connectivity index (χ1) is 31.0. The van der Waals surface area contributed by atoms with Crippen LogP contribution in [0.5, 0.6) is 0 Å². The van der Waals surface area contributed by atoms with Crippen molar-refractivity contribution in [3.8, 4) is 11.1 Å². The predicted molar refractivity (Wildman–Crippen MR) is 241 cm³/mol. The number of hydrogen-bond donors (Lipinski definition) is 5. The van der Waals surface area contributed by atoms with Gasteiger partial charge in [-0.25, -0.2) is 0 Å². The second-order valence-corrected chi connectivity index (χ2v) is 16.5. The molecule has 2 fully saturated rings. The third-order valence-electron chi connectivity index (χ3n) is 11.9. The van der Waals surface area contributed by atoms with E-state index in [0.717, 1.165) is 36.0 Å². The molecule has 1 heterocycles. The monoisotopic (exact) mass is 870 g/mol. The van der Waals surface area contributed by atoms with Crippen molar-refractivity contribution in [3.05, 3.63) is 132 Å². The summed E-state index contributed by atoms with van der Waals surface area (Å²) in [5.41, 5.74) is 8.87. The molecule has 336 valence electrons. The highest BCUT2D eigenvalue weighted by molar-refractivity contribution is 6.38. The van der Waals surface area contributed by atoms with Crippen molar-refractivity contribution >= 4 is 41.2 Å². The van der Waals surface area contributed by atoms with E-state index in [9.17, 15) is 28.8 Å². The normalized spacial score (nSPS) is 17.6. The van der Waals surface area contributed by atoms with Gasteiger partial charge in [0, 0.05) is 18.5 Å². The molecule has 0 spiro atoms. The van der Waals surface area contributed by atoms with Gasteiger partial charge < -0.3 is 36.6 Å². The quantitative estimate of drug-likeness (QED) is 0.0769. The highest BCUT2D eigenvalue weighted by atomic mass is 16.5. The highest BCUT2D eigenvalue weighted by Gasteiger charge is 2.45. The number of ether oxygens (including phenoxy) is 1. The summed E-state index contributed by atoms with van der Waals surface area (Å²) in [5.74, 6) is -5.30. The number of amides is 6. The van der Waals surface area contributed by atoms with Gasteiger partial charge in [-0.05, 0) is 53.5 Å². The Hall–Kier alpha value is -6.67. The number of carbonyl (C=O) groups excluding carboxylic acids is 7. The van der Waals surface area contributed by atoms with Crippen LogP contribution in [0.2, 0.25) is 0 Å². The Balaban J connectivity index is 1.21. The van der Waals surface area contributed by atoms with Crippen molar-refractivity contribution in [1.29, 1.82) is 0 Å². The third-order valence-corrected chi connectivity index (χ3v) is 11.9. The molecule has 14 heteroatoms. The number of benzene rings is 4. The molecular formula is C50H58N6O8. The minimum Gasteiger partial charge on any atom is -0.372 e. The molecule has 1 saturated heterocycles. The fourth-order valence-corrected chi connectivity index (χ4v) is 8.52. The van der Waals surface area contributed by atoms with Gasteiger partial charge in [0.1, 0.15) is 18.1 Å². The molecule has 14 nitrogen and oxygen atoms in total. The van der Waals surface area contributed by atoms with E-state index >= 15 is 4.79 Å². The van der Waals surface area contributed by atoms with Crippen LogP contribution < -0.4 is 27.0 Å². The molecule has 2 aliphatic rings. The lowest BCUT2D eigenvalue weighted by Gasteiger charge is -2.35. The van der Waals surface area contributed by atoms with Crippen molar-refractivity contribution in [2.24, 2.45) is 11.7 Å². The molecule has 1 aliphatic carbocycles. The van der Waals surface area contributed by atoms with Crippen molar-refractivity contribution in [2.75, 3.05) is 13.1 Å². The van der Waals surface area contributed by atoms with Crippen molar-refractivity contribution in [3.63, 3.8) is 0 Å². The van der Waals surface area contributed by atoms with Gasteiger partial charge >= 0.3 is 0 Å². The van der Waals surface area contributed by atoms with Gasteiger partial charge in [-0.3, -0.25) is 33.6 Å². The number of hydrogen-bond acceptors (Lipinski definition) is 8. The number of nitrogens with zero attached hydrogens (tertiary/aromatic N) is 1. The zero-order valence-corrected chi connectivity index (χ0v) is 36.2. The molecule has 5 unspecified atom stereocenters. The number of nitrogens with two attached hydrogens (primary N) is 1. The lowest BCUT2D eigenvalue weighted by atomic mass is 9.83. The summed E-state index contributed by atoms with van der Waals surface area (Å²) in [6.45, 7) is 1.56. The standard InChI is InChI=1S/C50H58N6O8/c1-2-3-28-40(45(58)49(62)52-30-42(57)54-43(46(51)59)35-22-12-6-13-23-35)53-48(61)41-29-37(64-32-33-18-8-4-9-19-33)31-56(41)50(63)44(36-24-14-7-15-25-36)55-47(60)39-27-17-16-26-38(39)34-20-10-5-11-21-34/h4-6,8-13,16-23,26-27,36-37,40-41,43-44H,2-3,7,14-15,24-25,28-32H2,1H3,(H2,51,59)(H,52,62)(H,53,61)(H,54,57)(H,55,60). The number of carbonyl (C=O) groups is 7. The van der Waals surface area contributed by atoms with Crippen molar-refractivity contribution in [2.45, 2.75) is 102 Å². The zero-order valence-electron chi connectivity index (χ0n) is 36.2. The van der Waals surface area contributed by atoms with Gasteiger partial charge in [-0.2, -0.15) is 0 Å². The first kappa shape index (κ1) is 46.8. The summed E-state index contributed by atoms with van der Waals surface area (Å²) in [6, 6.07) is 30.2. The highest BCUT2D eigenvalue weighted by Crippen LogP contribution is 2.31. The Morgan fingerprint density at radius 1 is 0.766 bits per heavy atom. The number of nitrogens with one attached hydrogen (secondary N) is 4. The topological polar surface area (TPSA) is 206 Å². The molecule has 5 atom stereocenters. The summed E-state index contributed by atoms with van der Waals surface area (Å²) in [4.78, 5) is 97.2. The Bertz CT molecular complexity index is 2230. The Morgan fingerprint density at radius 2 is 1.41 bits per heavy atom. The summed E-state index contributed by atoms with van der Waals surface area (Å²) in [5, 5.41) is 10.7. The molecule has 6 rings (SSSR count). The first-order valence-electron chi connectivity index (χ1n) is 22.2. The fraction of sp³-hybridized carbons (Fsp3) is 0.380. The number of Topliss-reactive ketones (excluding diaryl/α,β-unsaturated/α-hetero) is 1. The van der Waals surface area contributed by atoms with Crippen LogP contribution in [0.15, 0.2) is 115 Å². The maximum atomic E-state index is 15.0. The largest absolute Gasteiger partial charge is 0.372 e. The second kappa shape index (κ2) is 23.1. The first-order valence-corrected chi connectivity index (χ1v) is 22.2. The van der Waals surface area contributed by atoms with E-state index in [4.69, 9.17) is 10.5 Å². The zero-order chi connectivity index (χ0) is 45.4. The lowest BCUT2D eigenvalue weighted by molar-refractivity contribution is -0.143. The van der Waals surface area contributed by atoms with Gasteiger partial charge in [0.2, 0.25) is 29.4 Å². The molecular weight excluding hydrogens is 813 g/mol. The molecule has 1 saturated carbocycles. The van der Waals surface area contributed by atoms with Crippen LogP contribution in [0.25, 0.3) is 11.1 Å². The van der Waals surface area contributed by atoms with Crippen LogP contribution in [0, 0.1) is 5.92 Å². The van der Waals surface area contributed by atoms with Crippen molar-refractivity contribution < 1.29 is 38.3 Å². The number of primary amides is 1. The smallest absolute Gasteiger partial charge is 0.290 e. The summed E-state index contributed by atoms with van der Waals surface area (Å²) >= 11 is 0. The number of rotatable bonds is 20. The van der Waals surface area contributed by atoms with E-state index in [1.807, 2.05) is 79.7 Å². The maximum Gasteiger partial charge on any atom is 0.290 e. The molecule has 1 aliphatic heterocycles. The summed E-state index contributed by atoms with van der Waals surface area (Å²) in [6.07, 6.45) is 5.02. The van der Waals surface area contributed by atoms with Crippen LogP contribution in [0.3, 0.4) is 0 Å². The van der Waals surface area contributed by atoms with Crippen LogP contribution in [0.4, 0.5) is 0 Å². The average Bonchev–Trinajstić information content (AvgIpc) is 3.77. The number of unbranched alkanes of at least 4 members (excludes halogenated alkanes) is 1. The van der Waals surface area contributed by atoms with Crippen molar-refractivity contribution in [1.82, 2.24) is 26.2 Å². The van der Waals surface area contributed by atoms with E-state index in [1.165, 1.54) is 4.90 Å². The van der Waals surface area contributed by atoms with Crippen LogP contribution in [-0.2, 0) is 40.1 Å². The second-order valence-electron chi connectivity index (χ2n) is 16.5. The Kier molecular flexibility index (Phi) is 16.9. The summed E-state index contributed by atoms with van der Waals surface area (Å²) in [7, 11) is 0. The molecule has 4 aromatic carbocycles. The Morgan fingerprint density at radius 3 is 2.08 bits per heavy atom. The number of likely N-dealkylation sites (tertiary alicyclic amines) is 1. The third kappa shape index (κ3) is 12.5. The average molecular weight is 871 g/mol. The predicted octanol–water partition coefficient (Wildman–Crippen LogP) is 4.92. The minimum absolute atomic E-state index is 0.0574. The van der Waals surface area contributed by atoms with E-state index in [2.05, 4.69) is 21.3 Å². The molecule has 0 radical (unpaired) electrons. The van der Waals surface area contributed by atoms with E-state index < -0.39 is 78.0 Å². The maximum absolute atomic E-state index is 15.0. The Labute approximate surface area is 374 Å². The molecule has 4 aromatic rings.